The molecular formula is C19H22N2O3S. The molecule has 1 saturated carbocycles. The van der Waals surface area contributed by atoms with Crippen molar-refractivity contribution in [2.75, 3.05) is 5.32 Å². The van der Waals surface area contributed by atoms with Gasteiger partial charge in [-0.15, -0.1) is 11.3 Å². The van der Waals surface area contributed by atoms with Crippen molar-refractivity contribution < 1.29 is 14.3 Å². The van der Waals surface area contributed by atoms with E-state index in [0.717, 1.165) is 41.9 Å². The Kier molecular flexibility index (Phi) is 5.81. The molecule has 132 valence electrons. The summed E-state index contributed by atoms with van der Waals surface area (Å²) >= 11 is 1.41. The standard InChI is InChI=1S/C19H22N2O3S/c1-13-6-8-15(9-7-13)20-17(22)10-18-21-16(12-25-18)11-24-19(23)14-4-2-3-5-14/h6-9,12,14H,2-5,10-11H2,1H3,(H,20,22). The number of ether oxygens (including phenoxy) is 1. The van der Waals surface area contributed by atoms with Gasteiger partial charge in [0, 0.05) is 11.1 Å². The molecule has 0 aliphatic heterocycles. The minimum atomic E-state index is -0.121. The molecule has 6 heteroatoms. The monoisotopic (exact) mass is 358 g/mol. The first-order valence-corrected chi connectivity index (χ1v) is 9.44. The van der Waals surface area contributed by atoms with Gasteiger partial charge in [0.2, 0.25) is 5.91 Å². The van der Waals surface area contributed by atoms with E-state index in [-0.39, 0.29) is 30.8 Å². The Hall–Kier alpha value is -2.21. The van der Waals surface area contributed by atoms with Crippen molar-refractivity contribution in [2.45, 2.75) is 45.6 Å². The van der Waals surface area contributed by atoms with Gasteiger partial charge in [0.25, 0.3) is 0 Å². The van der Waals surface area contributed by atoms with E-state index in [9.17, 15) is 9.59 Å². The highest BCUT2D eigenvalue weighted by atomic mass is 32.1. The zero-order valence-electron chi connectivity index (χ0n) is 14.3. The molecule has 1 amide bonds. The lowest BCUT2D eigenvalue weighted by Gasteiger charge is -2.08. The number of carbonyl (C=O) groups is 2. The predicted molar refractivity (Wildman–Crippen MR) is 97.4 cm³/mol. The van der Waals surface area contributed by atoms with Crippen molar-refractivity contribution >= 4 is 28.9 Å². The van der Waals surface area contributed by atoms with Crippen molar-refractivity contribution in [3.05, 3.63) is 45.9 Å². The second-order valence-corrected chi connectivity index (χ2v) is 7.36. The number of anilines is 1. The number of amides is 1. The molecule has 0 spiro atoms. The Labute approximate surface area is 151 Å². The normalized spacial score (nSPS) is 14.4. The maximum Gasteiger partial charge on any atom is 0.309 e. The van der Waals surface area contributed by atoms with Crippen LogP contribution in [-0.2, 0) is 27.4 Å². The zero-order valence-corrected chi connectivity index (χ0v) is 15.1. The van der Waals surface area contributed by atoms with Crippen LogP contribution in [0.3, 0.4) is 0 Å². The number of aromatic nitrogens is 1. The molecule has 1 aromatic carbocycles. The molecule has 0 unspecified atom stereocenters. The predicted octanol–water partition coefficient (Wildman–Crippen LogP) is 3.87. The van der Waals surface area contributed by atoms with Gasteiger partial charge < -0.3 is 10.1 Å². The summed E-state index contributed by atoms with van der Waals surface area (Å²) in [6, 6.07) is 7.66. The van der Waals surface area contributed by atoms with Gasteiger partial charge in [0.05, 0.1) is 18.0 Å². The summed E-state index contributed by atoms with van der Waals surface area (Å²) in [5.41, 5.74) is 2.63. The third-order valence-electron chi connectivity index (χ3n) is 4.30. The van der Waals surface area contributed by atoms with Crippen LogP contribution in [0.2, 0.25) is 0 Å². The second kappa shape index (κ2) is 8.25. The number of carbonyl (C=O) groups excluding carboxylic acids is 2. The third kappa shape index (κ3) is 5.13. The molecule has 3 rings (SSSR count). The fraction of sp³-hybridized carbons (Fsp3) is 0.421. The van der Waals surface area contributed by atoms with Gasteiger partial charge in [0.15, 0.2) is 0 Å². The average Bonchev–Trinajstić information content (AvgIpc) is 3.26. The van der Waals surface area contributed by atoms with E-state index in [0.29, 0.717) is 5.69 Å². The largest absolute Gasteiger partial charge is 0.459 e. The van der Waals surface area contributed by atoms with Gasteiger partial charge in [-0.25, -0.2) is 4.98 Å². The van der Waals surface area contributed by atoms with Crippen LogP contribution in [0.5, 0.6) is 0 Å². The van der Waals surface area contributed by atoms with Crippen molar-refractivity contribution in [3.8, 4) is 0 Å². The molecule has 5 nitrogen and oxygen atoms in total. The van der Waals surface area contributed by atoms with Gasteiger partial charge in [-0.3, -0.25) is 9.59 Å². The molecule has 0 saturated heterocycles. The maximum atomic E-state index is 12.1. The summed E-state index contributed by atoms with van der Waals surface area (Å²) in [4.78, 5) is 28.4. The molecule has 1 aromatic heterocycles. The van der Waals surface area contributed by atoms with Crippen LogP contribution >= 0.6 is 11.3 Å². The van der Waals surface area contributed by atoms with Crippen LogP contribution in [0.15, 0.2) is 29.6 Å². The molecule has 1 heterocycles. The minimum Gasteiger partial charge on any atom is -0.459 e. The first-order chi connectivity index (χ1) is 12.1. The summed E-state index contributed by atoms with van der Waals surface area (Å²) < 4.78 is 5.34. The van der Waals surface area contributed by atoms with Crippen LogP contribution in [0.1, 0.15) is 41.9 Å². The smallest absolute Gasteiger partial charge is 0.309 e. The lowest BCUT2D eigenvalue weighted by atomic mass is 10.1. The lowest BCUT2D eigenvalue weighted by molar-refractivity contribution is -0.149. The zero-order chi connectivity index (χ0) is 17.6. The van der Waals surface area contributed by atoms with E-state index in [1.165, 1.54) is 11.3 Å². The molecule has 0 bridgehead atoms. The SMILES string of the molecule is Cc1ccc(NC(=O)Cc2nc(COC(=O)C3CCCC3)cs2)cc1. The molecule has 25 heavy (non-hydrogen) atoms. The summed E-state index contributed by atoms with van der Waals surface area (Å²) in [5.74, 6) is -0.171. The number of nitrogens with one attached hydrogen (secondary N) is 1. The van der Waals surface area contributed by atoms with Gasteiger partial charge >= 0.3 is 5.97 Å². The van der Waals surface area contributed by atoms with Crippen LogP contribution in [0.4, 0.5) is 5.69 Å². The topological polar surface area (TPSA) is 68.3 Å². The van der Waals surface area contributed by atoms with Crippen LogP contribution in [0.25, 0.3) is 0 Å². The number of thiazole rings is 1. The molecule has 1 aliphatic carbocycles. The molecule has 0 atom stereocenters. The van der Waals surface area contributed by atoms with Gasteiger partial charge in [-0.2, -0.15) is 0 Å². The first-order valence-electron chi connectivity index (χ1n) is 8.56. The summed E-state index contributed by atoms with van der Waals surface area (Å²) in [6.07, 6.45) is 4.29. The summed E-state index contributed by atoms with van der Waals surface area (Å²) in [6.45, 7) is 2.19. The van der Waals surface area contributed by atoms with E-state index in [4.69, 9.17) is 4.74 Å². The van der Waals surface area contributed by atoms with Crippen molar-refractivity contribution in [3.63, 3.8) is 0 Å². The van der Waals surface area contributed by atoms with E-state index in [1.54, 1.807) is 0 Å². The summed E-state index contributed by atoms with van der Waals surface area (Å²) in [7, 11) is 0. The average molecular weight is 358 g/mol. The summed E-state index contributed by atoms with van der Waals surface area (Å²) in [5, 5.41) is 5.42. The molecule has 0 radical (unpaired) electrons. The molecule has 1 fully saturated rings. The van der Waals surface area contributed by atoms with E-state index >= 15 is 0 Å². The van der Waals surface area contributed by atoms with Crippen LogP contribution < -0.4 is 5.32 Å². The number of nitrogens with zero attached hydrogens (tertiary/aromatic N) is 1. The molecule has 2 aromatic rings. The quantitative estimate of drug-likeness (QED) is 0.796. The van der Waals surface area contributed by atoms with Crippen molar-refractivity contribution in [1.29, 1.82) is 0 Å². The highest BCUT2D eigenvalue weighted by molar-refractivity contribution is 7.09. The van der Waals surface area contributed by atoms with Crippen molar-refractivity contribution in [1.82, 2.24) is 4.98 Å². The highest BCUT2D eigenvalue weighted by Crippen LogP contribution is 2.26. The molecule has 1 N–H and O–H groups in total. The third-order valence-corrected chi connectivity index (χ3v) is 5.19. The van der Waals surface area contributed by atoms with Gasteiger partial charge in [0.1, 0.15) is 11.6 Å². The minimum absolute atomic E-state index is 0.0541. The van der Waals surface area contributed by atoms with Gasteiger partial charge in [-0.05, 0) is 31.9 Å². The number of aryl methyl sites for hydroxylation is 1. The van der Waals surface area contributed by atoms with E-state index in [2.05, 4.69) is 10.3 Å². The number of esters is 1. The van der Waals surface area contributed by atoms with Crippen LogP contribution in [0, 0.1) is 12.8 Å². The molecule has 1 aliphatic rings. The first kappa shape index (κ1) is 17.6. The Bertz CT molecular complexity index is 733. The number of hydrogen-bond acceptors (Lipinski definition) is 5. The van der Waals surface area contributed by atoms with Crippen LogP contribution in [-0.4, -0.2) is 16.9 Å². The highest BCUT2D eigenvalue weighted by Gasteiger charge is 2.24. The Morgan fingerprint density at radius 1 is 1.24 bits per heavy atom. The number of hydrogen-bond donors (Lipinski definition) is 1. The number of benzene rings is 1. The van der Waals surface area contributed by atoms with E-state index < -0.39 is 0 Å². The van der Waals surface area contributed by atoms with E-state index in [1.807, 2.05) is 36.6 Å². The number of rotatable bonds is 6. The second-order valence-electron chi connectivity index (χ2n) is 6.41. The molecular weight excluding hydrogens is 336 g/mol. The van der Waals surface area contributed by atoms with Gasteiger partial charge in [-0.1, -0.05) is 30.5 Å². The Morgan fingerprint density at radius 2 is 1.96 bits per heavy atom. The fourth-order valence-electron chi connectivity index (χ4n) is 2.90. The van der Waals surface area contributed by atoms with Crippen molar-refractivity contribution in [2.24, 2.45) is 5.92 Å². The Balaban J connectivity index is 1.46. The Morgan fingerprint density at radius 3 is 2.68 bits per heavy atom. The lowest BCUT2D eigenvalue weighted by Crippen LogP contribution is -2.15. The maximum absolute atomic E-state index is 12.1. The fourth-order valence-corrected chi connectivity index (χ4v) is 3.68.